The van der Waals surface area contributed by atoms with Crippen molar-refractivity contribution in [2.45, 2.75) is 12.6 Å². The summed E-state index contributed by atoms with van der Waals surface area (Å²) in [6, 6.07) is 5.75. The molecule has 1 aromatic carbocycles. The molecule has 1 unspecified atom stereocenters. The summed E-state index contributed by atoms with van der Waals surface area (Å²) in [5, 5.41) is 8.64. The molecule has 12 heavy (non-hydrogen) atoms. The van der Waals surface area contributed by atoms with Crippen molar-refractivity contribution in [3.05, 3.63) is 35.6 Å². The Kier molecular flexibility index (Phi) is 2.42. The maximum Gasteiger partial charge on any atom is 0.123 e. The topological polar surface area (TPSA) is 58.3 Å². The summed E-state index contributed by atoms with van der Waals surface area (Å²) in [6.07, 6.45) is 0. The summed E-state index contributed by atoms with van der Waals surface area (Å²) in [4.78, 5) is 0. The van der Waals surface area contributed by atoms with Crippen LogP contribution < -0.4 is 11.2 Å². The zero-order valence-electron chi connectivity index (χ0n) is 6.71. The molecule has 0 spiro atoms. The lowest BCUT2D eigenvalue weighted by molar-refractivity contribution is 0.0733. The van der Waals surface area contributed by atoms with Gasteiger partial charge in [-0.2, -0.15) is 5.48 Å². The van der Waals surface area contributed by atoms with Gasteiger partial charge in [0.05, 0.1) is 0 Å². The maximum atomic E-state index is 12.7. The van der Waals surface area contributed by atoms with Crippen LogP contribution in [-0.4, -0.2) is 5.21 Å². The monoisotopic (exact) mass is 170 g/mol. The van der Waals surface area contributed by atoms with Crippen LogP contribution in [0.3, 0.4) is 0 Å². The molecule has 0 heterocycles. The van der Waals surface area contributed by atoms with Gasteiger partial charge in [-0.15, -0.1) is 0 Å². The van der Waals surface area contributed by atoms with Crippen LogP contribution in [0.2, 0.25) is 0 Å². The molecule has 0 amide bonds. The number of nitrogens with one attached hydrogen (secondary N) is 1. The van der Waals surface area contributed by atoms with Crippen molar-refractivity contribution in [1.82, 2.24) is 5.48 Å². The van der Waals surface area contributed by atoms with E-state index in [1.54, 1.807) is 13.0 Å². The van der Waals surface area contributed by atoms with E-state index in [4.69, 9.17) is 10.9 Å². The molecule has 0 radical (unpaired) electrons. The molecule has 0 bridgehead atoms. The number of hydroxylamine groups is 1. The molecule has 0 aliphatic heterocycles. The van der Waals surface area contributed by atoms with Gasteiger partial charge in [-0.3, -0.25) is 0 Å². The molecule has 3 nitrogen and oxygen atoms in total. The van der Waals surface area contributed by atoms with E-state index in [9.17, 15) is 4.39 Å². The summed E-state index contributed by atoms with van der Waals surface area (Å²) < 4.78 is 12.7. The predicted octanol–water partition coefficient (Wildman–Crippen LogP) is 0.936. The first kappa shape index (κ1) is 9.12. The van der Waals surface area contributed by atoms with E-state index in [1.807, 2.05) is 5.48 Å². The summed E-state index contributed by atoms with van der Waals surface area (Å²) >= 11 is 0. The van der Waals surface area contributed by atoms with E-state index in [0.29, 0.717) is 5.56 Å². The third kappa shape index (κ3) is 1.79. The van der Waals surface area contributed by atoms with Gasteiger partial charge in [-0.25, -0.2) is 4.39 Å². The third-order valence-electron chi connectivity index (χ3n) is 1.66. The van der Waals surface area contributed by atoms with Crippen molar-refractivity contribution < 1.29 is 9.60 Å². The Morgan fingerprint density at radius 3 is 2.75 bits per heavy atom. The van der Waals surface area contributed by atoms with Crippen LogP contribution in [0.4, 0.5) is 4.39 Å². The highest BCUT2D eigenvalue weighted by molar-refractivity contribution is 5.22. The van der Waals surface area contributed by atoms with Crippen molar-refractivity contribution in [2.24, 2.45) is 5.73 Å². The predicted molar refractivity (Wildman–Crippen MR) is 42.9 cm³/mol. The molecule has 4 heteroatoms. The Balaban J connectivity index is 3.03. The third-order valence-corrected chi connectivity index (χ3v) is 1.66. The van der Waals surface area contributed by atoms with Crippen LogP contribution in [0.1, 0.15) is 12.5 Å². The smallest absolute Gasteiger partial charge is 0.123 e. The molecule has 0 aliphatic carbocycles. The molecular formula is C8H11FN2O. The summed E-state index contributed by atoms with van der Waals surface area (Å²) in [6.45, 7) is 1.54. The van der Waals surface area contributed by atoms with Crippen molar-refractivity contribution in [3.8, 4) is 0 Å². The Hall–Kier alpha value is -0.970. The molecular weight excluding hydrogens is 159 g/mol. The molecule has 0 saturated heterocycles. The highest BCUT2D eigenvalue weighted by atomic mass is 19.1. The first-order valence-corrected chi connectivity index (χ1v) is 3.52. The molecule has 0 fully saturated rings. The van der Waals surface area contributed by atoms with Gasteiger partial charge in [-0.05, 0) is 24.6 Å². The van der Waals surface area contributed by atoms with Gasteiger partial charge in [-0.1, -0.05) is 12.1 Å². The molecule has 4 N–H and O–H groups in total. The van der Waals surface area contributed by atoms with E-state index in [-0.39, 0.29) is 5.82 Å². The SMILES string of the molecule is CC(N)(NO)c1cccc(F)c1. The van der Waals surface area contributed by atoms with Gasteiger partial charge in [0.25, 0.3) is 0 Å². The Morgan fingerprint density at radius 2 is 2.25 bits per heavy atom. The lowest BCUT2D eigenvalue weighted by atomic mass is 10.0. The number of hydrogen-bond donors (Lipinski definition) is 3. The summed E-state index contributed by atoms with van der Waals surface area (Å²) in [5.74, 6) is -0.376. The Bertz CT molecular complexity index is 276. The average molecular weight is 170 g/mol. The van der Waals surface area contributed by atoms with Crippen molar-refractivity contribution >= 4 is 0 Å². The van der Waals surface area contributed by atoms with E-state index < -0.39 is 5.66 Å². The van der Waals surface area contributed by atoms with Gasteiger partial charge < -0.3 is 10.9 Å². The van der Waals surface area contributed by atoms with Crippen molar-refractivity contribution in [2.75, 3.05) is 0 Å². The second-order valence-corrected chi connectivity index (χ2v) is 2.82. The highest BCUT2D eigenvalue weighted by Crippen LogP contribution is 2.14. The molecule has 1 aromatic rings. The zero-order valence-corrected chi connectivity index (χ0v) is 6.71. The fourth-order valence-corrected chi connectivity index (χ4v) is 0.876. The van der Waals surface area contributed by atoms with Gasteiger partial charge in [0.1, 0.15) is 11.5 Å². The quantitative estimate of drug-likeness (QED) is 0.457. The Morgan fingerprint density at radius 1 is 1.58 bits per heavy atom. The minimum absolute atomic E-state index is 0.376. The van der Waals surface area contributed by atoms with Crippen molar-refractivity contribution in [1.29, 1.82) is 0 Å². The number of benzene rings is 1. The summed E-state index contributed by atoms with van der Waals surface area (Å²) in [5.41, 5.74) is 6.86. The molecule has 0 aromatic heterocycles. The number of hydrogen-bond acceptors (Lipinski definition) is 3. The molecule has 66 valence electrons. The number of rotatable bonds is 2. The largest absolute Gasteiger partial charge is 0.315 e. The lowest BCUT2D eigenvalue weighted by Gasteiger charge is -2.22. The van der Waals surface area contributed by atoms with Crippen molar-refractivity contribution in [3.63, 3.8) is 0 Å². The van der Waals surface area contributed by atoms with E-state index in [1.165, 1.54) is 18.2 Å². The minimum Gasteiger partial charge on any atom is -0.315 e. The molecule has 0 aliphatic rings. The average Bonchev–Trinajstić information content (AvgIpc) is 2.05. The van der Waals surface area contributed by atoms with Gasteiger partial charge in [0.15, 0.2) is 0 Å². The van der Waals surface area contributed by atoms with Crippen LogP contribution in [0.15, 0.2) is 24.3 Å². The fourth-order valence-electron chi connectivity index (χ4n) is 0.876. The normalized spacial score (nSPS) is 15.7. The number of halogens is 1. The van der Waals surface area contributed by atoms with Crippen LogP contribution in [0.5, 0.6) is 0 Å². The van der Waals surface area contributed by atoms with Crippen LogP contribution in [-0.2, 0) is 5.66 Å². The molecule has 1 rings (SSSR count). The van der Waals surface area contributed by atoms with Crippen LogP contribution in [0, 0.1) is 5.82 Å². The Labute approximate surface area is 70.0 Å². The lowest BCUT2D eigenvalue weighted by Crippen LogP contribution is -2.45. The maximum absolute atomic E-state index is 12.7. The second kappa shape index (κ2) is 3.18. The fraction of sp³-hybridized carbons (Fsp3) is 0.250. The van der Waals surface area contributed by atoms with E-state index >= 15 is 0 Å². The van der Waals surface area contributed by atoms with Crippen LogP contribution >= 0.6 is 0 Å². The number of nitrogens with two attached hydrogens (primary N) is 1. The first-order valence-electron chi connectivity index (χ1n) is 3.52. The van der Waals surface area contributed by atoms with E-state index in [2.05, 4.69) is 0 Å². The van der Waals surface area contributed by atoms with Gasteiger partial charge in [0.2, 0.25) is 0 Å². The molecule has 0 saturated carbocycles. The molecule has 1 atom stereocenters. The second-order valence-electron chi connectivity index (χ2n) is 2.82. The highest BCUT2D eigenvalue weighted by Gasteiger charge is 2.19. The zero-order chi connectivity index (χ0) is 9.19. The van der Waals surface area contributed by atoms with Gasteiger partial charge >= 0.3 is 0 Å². The first-order chi connectivity index (χ1) is 5.56. The van der Waals surface area contributed by atoms with Gasteiger partial charge in [0, 0.05) is 0 Å². The minimum atomic E-state index is -1.11. The van der Waals surface area contributed by atoms with Crippen LogP contribution in [0.25, 0.3) is 0 Å². The summed E-state index contributed by atoms with van der Waals surface area (Å²) in [7, 11) is 0. The van der Waals surface area contributed by atoms with E-state index in [0.717, 1.165) is 0 Å². The standard InChI is InChI=1S/C8H11FN2O/c1-8(10,11-12)6-3-2-4-7(9)5-6/h2-5,11-12H,10H2,1H3.